The first-order chi connectivity index (χ1) is 4.38. The Kier molecular flexibility index (Phi) is 2.08. The highest BCUT2D eigenvalue weighted by Crippen LogP contribution is 2.11. The molecule has 1 N–H and O–H groups in total. The molecule has 3 nitrogen and oxygen atoms in total. The summed E-state index contributed by atoms with van der Waals surface area (Å²) in [6.07, 6.45) is 3.06. The van der Waals surface area contributed by atoms with E-state index in [2.05, 4.69) is 0 Å². The summed E-state index contributed by atoms with van der Waals surface area (Å²) in [6.45, 7) is 0.00546. The molecule has 0 bridgehead atoms. The van der Waals surface area contributed by atoms with Crippen LogP contribution in [0.1, 0.15) is 0 Å². The van der Waals surface area contributed by atoms with Gasteiger partial charge in [-0.2, -0.15) is 0 Å². The Morgan fingerprint density at radius 3 is 3.00 bits per heavy atom. The van der Waals surface area contributed by atoms with Gasteiger partial charge in [0.15, 0.2) is 6.10 Å². The third kappa shape index (κ3) is 1.23. The fourth-order valence-corrected chi connectivity index (χ4v) is 0.802. The van der Waals surface area contributed by atoms with E-state index in [0.717, 1.165) is 0 Å². The predicted molar refractivity (Wildman–Crippen MR) is 31.9 cm³/mol. The summed E-state index contributed by atoms with van der Waals surface area (Å²) >= 11 is 0. The second-order valence-electron chi connectivity index (χ2n) is 1.89. The van der Waals surface area contributed by atoms with Crippen molar-refractivity contribution in [2.45, 2.75) is 12.2 Å². The van der Waals surface area contributed by atoms with Crippen molar-refractivity contribution in [2.24, 2.45) is 0 Å². The largest absolute Gasteiger partial charge is 0.493 e. The molecule has 0 amide bonds. The Labute approximate surface area is 53.9 Å². The zero-order chi connectivity index (χ0) is 6.69. The molecule has 1 aliphatic rings. The molecule has 2 atom stereocenters. The van der Waals surface area contributed by atoms with Crippen LogP contribution in [0.15, 0.2) is 12.3 Å². The van der Waals surface area contributed by atoms with E-state index >= 15 is 0 Å². The summed E-state index contributed by atoms with van der Waals surface area (Å²) in [5.41, 5.74) is 0. The van der Waals surface area contributed by atoms with E-state index < -0.39 is 0 Å². The number of rotatable bonds is 2. The quantitative estimate of drug-likeness (QED) is 0.567. The van der Waals surface area contributed by atoms with Gasteiger partial charge in [-0.05, 0) is 6.08 Å². The van der Waals surface area contributed by atoms with Crippen molar-refractivity contribution in [3.8, 4) is 0 Å². The van der Waals surface area contributed by atoms with Crippen LogP contribution in [0.4, 0.5) is 0 Å². The first-order valence-corrected chi connectivity index (χ1v) is 2.84. The summed E-state index contributed by atoms with van der Waals surface area (Å²) in [4.78, 5) is 0. The Balaban J connectivity index is 2.39. The molecule has 1 rings (SSSR count). The van der Waals surface area contributed by atoms with Crippen LogP contribution in [-0.4, -0.2) is 31.0 Å². The Hall–Kier alpha value is -0.540. The number of aliphatic hydroxyl groups is 1. The highest BCUT2D eigenvalue weighted by molar-refractivity contribution is 4.96. The van der Waals surface area contributed by atoms with Gasteiger partial charge in [-0.15, -0.1) is 0 Å². The molecule has 0 aliphatic carbocycles. The molecule has 0 radical (unpaired) electrons. The SMILES string of the molecule is CO[C@H]1C=CO[C@@H]1CO. The maximum atomic E-state index is 8.62. The van der Waals surface area contributed by atoms with Crippen molar-refractivity contribution in [3.05, 3.63) is 12.3 Å². The molecule has 1 heterocycles. The van der Waals surface area contributed by atoms with Gasteiger partial charge in [0.1, 0.15) is 6.10 Å². The summed E-state index contributed by atoms with van der Waals surface area (Å²) in [6, 6.07) is 0. The zero-order valence-electron chi connectivity index (χ0n) is 5.28. The molecule has 52 valence electrons. The van der Waals surface area contributed by atoms with Crippen LogP contribution >= 0.6 is 0 Å². The van der Waals surface area contributed by atoms with Crippen molar-refractivity contribution in [1.29, 1.82) is 0 Å². The third-order valence-corrected chi connectivity index (χ3v) is 1.34. The molecule has 0 saturated carbocycles. The van der Waals surface area contributed by atoms with Gasteiger partial charge in [0.25, 0.3) is 0 Å². The Morgan fingerprint density at radius 2 is 2.56 bits per heavy atom. The number of methoxy groups -OCH3 is 1. The lowest BCUT2D eigenvalue weighted by molar-refractivity contribution is -0.0000872. The maximum absolute atomic E-state index is 8.62. The van der Waals surface area contributed by atoms with Gasteiger partial charge in [-0.25, -0.2) is 0 Å². The molecule has 0 spiro atoms. The molecular weight excluding hydrogens is 120 g/mol. The van der Waals surface area contributed by atoms with E-state index in [1.807, 2.05) is 0 Å². The molecule has 0 fully saturated rings. The van der Waals surface area contributed by atoms with Crippen LogP contribution in [-0.2, 0) is 9.47 Å². The van der Waals surface area contributed by atoms with Crippen LogP contribution in [0.5, 0.6) is 0 Å². The highest BCUT2D eigenvalue weighted by atomic mass is 16.5. The van der Waals surface area contributed by atoms with Gasteiger partial charge in [-0.1, -0.05) is 0 Å². The second kappa shape index (κ2) is 2.85. The Bertz CT molecular complexity index is 111. The molecule has 0 saturated heterocycles. The van der Waals surface area contributed by atoms with E-state index in [1.165, 1.54) is 0 Å². The molecule has 9 heavy (non-hydrogen) atoms. The van der Waals surface area contributed by atoms with Gasteiger partial charge in [-0.3, -0.25) is 0 Å². The van der Waals surface area contributed by atoms with E-state index in [-0.39, 0.29) is 18.8 Å². The van der Waals surface area contributed by atoms with E-state index in [1.54, 1.807) is 19.4 Å². The average molecular weight is 130 g/mol. The van der Waals surface area contributed by atoms with Crippen molar-refractivity contribution in [3.63, 3.8) is 0 Å². The fourth-order valence-electron chi connectivity index (χ4n) is 0.802. The zero-order valence-corrected chi connectivity index (χ0v) is 5.28. The van der Waals surface area contributed by atoms with Crippen molar-refractivity contribution in [2.75, 3.05) is 13.7 Å². The molecule has 0 aromatic rings. The van der Waals surface area contributed by atoms with E-state index in [4.69, 9.17) is 14.6 Å². The van der Waals surface area contributed by atoms with Crippen molar-refractivity contribution >= 4 is 0 Å². The molecule has 1 aliphatic heterocycles. The summed E-state index contributed by atoms with van der Waals surface area (Å²) in [5, 5.41) is 8.62. The average Bonchev–Trinajstić information content (AvgIpc) is 2.33. The minimum absolute atomic E-state index is 0.00546. The smallest absolute Gasteiger partial charge is 0.150 e. The first-order valence-electron chi connectivity index (χ1n) is 2.84. The van der Waals surface area contributed by atoms with Crippen LogP contribution in [0.3, 0.4) is 0 Å². The minimum Gasteiger partial charge on any atom is -0.493 e. The minimum atomic E-state index is -0.199. The predicted octanol–water partition coefficient (Wildman–Crippen LogP) is -0.0938. The monoisotopic (exact) mass is 130 g/mol. The first kappa shape index (κ1) is 6.58. The summed E-state index contributed by atoms with van der Waals surface area (Å²) in [7, 11) is 1.59. The lowest BCUT2D eigenvalue weighted by atomic mass is 10.2. The number of aliphatic hydroxyl groups excluding tert-OH is 1. The van der Waals surface area contributed by atoms with Crippen molar-refractivity contribution < 1.29 is 14.6 Å². The van der Waals surface area contributed by atoms with Gasteiger partial charge >= 0.3 is 0 Å². The molecule has 0 aromatic carbocycles. The second-order valence-corrected chi connectivity index (χ2v) is 1.89. The van der Waals surface area contributed by atoms with Crippen molar-refractivity contribution in [1.82, 2.24) is 0 Å². The molecular formula is C6H10O3. The standard InChI is InChI=1S/C6H10O3/c1-8-5-2-3-9-6(5)4-7/h2-3,5-7H,4H2,1H3/t5-,6+/m0/s1. The van der Waals surface area contributed by atoms with Crippen LogP contribution in [0.2, 0.25) is 0 Å². The van der Waals surface area contributed by atoms with Crippen LogP contribution in [0.25, 0.3) is 0 Å². The summed E-state index contributed by atoms with van der Waals surface area (Å²) < 4.78 is 9.89. The van der Waals surface area contributed by atoms with Gasteiger partial charge in [0.2, 0.25) is 0 Å². The third-order valence-electron chi connectivity index (χ3n) is 1.34. The van der Waals surface area contributed by atoms with Gasteiger partial charge in [0, 0.05) is 7.11 Å². The molecule has 0 aromatic heterocycles. The van der Waals surface area contributed by atoms with Gasteiger partial charge in [0.05, 0.1) is 12.9 Å². The fraction of sp³-hybridized carbons (Fsp3) is 0.667. The van der Waals surface area contributed by atoms with E-state index in [9.17, 15) is 0 Å². The molecule has 3 heteroatoms. The van der Waals surface area contributed by atoms with E-state index in [0.29, 0.717) is 0 Å². The maximum Gasteiger partial charge on any atom is 0.150 e. The number of hydrogen-bond donors (Lipinski definition) is 1. The number of ether oxygens (including phenoxy) is 2. The number of hydrogen-bond acceptors (Lipinski definition) is 3. The normalized spacial score (nSPS) is 32.7. The molecule has 0 unspecified atom stereocenters. The highest BCUT2D eigenvalue weighted by Gasteiger charge is 2.22. The summed E-state index contributed by atoms with van der Waals surface area (Å²) in [5.74, 6) is 0. The topological polar surface area (TPSA) is 38.7 Å². The van der Waals surface area contributed by atoms with Crippen LogP contribution < -0.4 is 0 Å². The Morgan fingerprint density at radius 1 is 1.78 bits per heavy atom. The lowest BCUT2D eigenvalue weighted by Gasteiger charge is -2.13. The lowest BCUT2D eigenvalue weighted by Crippen LogP contribution is -2.26. The van der Waals surface area contributed by atoms with Crippen LogP contribution in [0, 0.1) is 0 Å². The van der Waals surface area contributed by atoms with Gasteiger partial charge < -0.3 is 14.6 Å².